The third-order valence-electron chi connectivity index (χ3n) is 5.34. The zero-order chi connectivity index (χ0) is 23.0. The van der Waals surface area contributed by atoms with Crippen LogP contribution in [-0.4, -0.2) is 67.6 Å². The third kappa shape index (κ3) is 4.09. The second kappa shape index (κ2) is 8.68. The molecule has 32 heavy (non-hydrogen) atoms. The van der Waals surface area contributed by atoms with Crippen LogP contribution in [0.4, 0.5) is 5.69 Å². The van der Waals surface area contributed by atoms with Crippen molar-refractivity contribution >= 4 is 46.7 Å². The molecular formula is C22H23ClN4O5. The van der Waals surface area contributed by atoms with Crippen molar-refractivity contribution in [2.75, 3.05) is 39.2 Å². The van der Waals surface area contributed by atoms with Crippen molar-refractivity contribution in [3.8, 4) is 5.75 Å². The standard InChI is InChI=1S/C22H23ClN4O5/c1-11-6-14-16(25-11)7-13-12-8-18(15(23)9-17(12)26-20(13)28)31-4-5-32-19(21(29)24-2)10-27(3)22(14)30/h6-9,19,25H,4-5,10H2,1-3H3,(H,24,29)(H,26,28)/b13-7-/t19-/m1/s1. The van der Waals surface area contributed by atoms with Crippen molar-refractivity contribution in [3.05, 3.63) is 45.7 Å². The number of aromatic nitrogens is 1. The Bertz CT molecular complexity index is 1140. The Morgan fingerprint density at radius 2 is 2.00 bits per heavy atom. The Labute approximate surface area is 189 Å². The lowest BCUT2D eigenvalue weighted by Crippen LogP contribution is -2.44. The minimum absolute atomic E-state index is 0.0396. The maximum Gasteiger partial charge on any atom is 0.256 e. The van der Waals surface area contributed by atoms with Crippen LogP contribution in [0.2, 0.25) is 5.02 Å². The lowest BCUT2D eigenvalue weighted by Gasteiger charge is -2.23. The van der Waals surface area contributed by atoms with Gasteiger partial charge in [-0.25, -0.2) is 0 Å². The largest absolute Gasteiger partial charge is 0.490 e. The average Bonchev–Trinajstić information content (AvgIpc) is 3.27. The third-order valence-corrected chi connectivity index (χ3v) is 5.64. The number of fused-ring (bicyclic) bond motifs is 2. The smallest absolute Gasteiger partial charge is 0.256 e. The van der Waals surface area contributed by atoms with E-state index in [1.165, 1.54) is 11.9 Å². The molecule has 3 amide bonds. The second-order valence-electron chi connectivity index (χ2n) is 7.63. The Balaban J connectivity index is 1.82. The minimum atomic E-state index is -0.879. The number of amides is 3. The van der Waals surface area contributed by atoms with Gasteiger partial charge in [-0.15, -0.1) is 0 Å². The number of rotatable bonds is 1. The van der Waals surface area contributed by atoms with Crippen molar-refractivity contribution in [1.29, 1.82) is 0 Å². The first-order chi connectivity index (χ1) is 15.3. The number of nitrogens with zero attached hydrogens (tertiary/aromatic N) is 1. The van der Waals surface area contributed by atoms with Gasteiger partial charge in [-0.3, -0.25) is 14.4 Å². The van der Waals surface area contributed by atoms with Crippen LogP contribution in [0.25, 0.3) is 11.6 Å². The molecule has 1 aromatic carbocycles. The highest BCUT2D eigenvalue weighted by atomic mass is 35.5. The number of halogens is 1. The number of benzene rings is 1. The predicted octanol–water partition coefficient (Wildman–Crippen LogP) is 2.06. The van der Waals surface area contributed by atoms with E-state index in [1.54, 1.807) is 31.3 Å². The number of carbonyl (C=O) groups is 3. The van der Waals surface area contributed by atoms with Gasteiger partial charge in [-0.1, -0.05) is 11.6 Å². The van der Waals surface area contributed by atoms with Gasteiger partial charge in [0.15, 0.2) is 6.10 Å². The Hall–Kier alpha value is -3.30. The van der Waals surface area contributed by atoms with Crippen LogP contribution in [-0.2, 0) is 14.3 Å². The molecule has 0 spiro atoms. The molecular weight excluding hydrogens is 436 g/mol. The summed E-state index contributed by atoms with van der Waals surface area (Å²) in [5, 5.41) is 5.68. The Morgan fingerprint density at radius 3 is 2.75 bits per heavy atom. The molecule has 2 bridgehead atoms. The summed E-state index contributed by atoms with van der Waals surface area (Å²) >= 11 is 6.32. The summed E-state index contributed by atoms with van der Waals surface area (Å²) in [6, 6.07) is 5.01. The van der Waals surface area contributed by atoms with Crippen molar-refractivity contribution in [2.45, 2.75) is 13.0 Å². The molecule has 1 atom stereocenters. The van der Waals surface area contributed by atoms with E-state index in [4.69, 9.17) is 21.1 Å². The number of anilines is 1. The molecule has 2 aliphatic rings. The van der Waals surface area contributed by atoms with Gasteiger partial charge in [0.25, 0.3) is 17.7 Å². The zero-order valence-electron chi connectivity index (χ0n) is 17.9. The van der Waals surface area contributed by atoms with E-state index >= 15 is 0 Å². The first kappa shape index (κ1) is 21.9. The SMILES string of the molecule is CNC(=O)[C@H]1CN(C)C(=O)c2cc(C)[nH]c2/C=C2\C(=O)Nc3cc(Cl)c(cc32)OCCO1. The molecule has 0 fully saturated rings. The molecule has 0 saturated heterocycles. The molecule has 0 radical (unpaired) electrons. The van der Waals surface area contributed by atoms with E-state index in [-0.39, 0.29) is 37.5 Å². The summed E-state index contributed by atoms with van der Waals surface area (Å²) in [5.74, 6) is -0.573. The fourth-order valence-electron chi connectivity index (χ4n) is 3.74. The van der Waals surface area contributed by atoms with Gasteiger partial charge in [0.1, 0.15) is 12.4 Å². The van der Waals surface area contributed by atoms with Crippen LogP contribution in [0.5, 0.6) is 5.75 Å². The highest BCUT2D eigenvalue weighted by molar-refractivity contribution is 6.37. The fraction of sp³-hybridized carbons (Fsp3) is 0.318. The van der Waals surface area contributed by atoms with E-state index in [0.29, 0.717) is 38.9 Å². The summed E-state index contributed by atoms with van der Waals surface area (Å²) in [7, 11) is 3.10. The molecule has 0 unspecified atom stereocenters. The topological polar surface area (TPSA) is 113 Å². The molecule has 1 aromatic heterocycles. The van der Waals surface area contributed by atoms with E-state index < -0.39 is 6.10 Å². The fourth-order valence-corrected chi connectivity index (χ4v) is 3.96. The molecule has 3 N–H and O–H groups in total. The number of ether oxygens (including phenoxy) is 2. The minimum Gasteiger partial charge on any atom is -0.490 e. The van der Waals surface area contributed by atoms with Gasteiger partial charge in [0.05, 0.1) is 40.7 Å². The normalized spacial score (nSPS) is 20.3. The van der Waals surface area contributed by atoms with Crippen molar-refractivity contribution in [2.24, 2.45) is 0 Å². The summed E-state index contributed by atoms with van der Waals surface area (Å²) in [6.07, 6.45) is 0.759. The summed E-state index contributed by atoms with van der Waals surface area (Å²) in [5.41, 5.74) is 3.19. The highest BCUT2D eigenvalue weighted by Gasteiger charge is 2.29. The number of aromatic amines is 1. The van der Waals surface area contributed by atoms with E-state index in [9.17, 15) is 14.4 Å². The molecule has 4 rings (SSSR count). The number of aryl methyl sites for hydroxylation is 1. The summed E-state index contributed by atoms with van der Waals surface area (Å²) < 4.78 is 11.5. The summed E-state index contributed by atoms with van der Waals surface area (Å²) in [4.78, 5) is 42.7. The van der Waals surface area contributed by atoms with Gasteiger partial charge in [0.2, 0.25) is 0 Å². The van der Waals surface area contributed by atoms with E-state index in [1.807, 2.05) is 6.92 Å². The number of H-pyrrole nitrogens is 1. The lowest BCUT2D eigenvalue weighted by molar-refractivity contribution is -0.133. The van der Waals surface area contributed by atoms with E-state index in [2.05, 4.69) is 15.6 Å². The van der Waals surface area contributed by atoms with Crippen LogP contribution in [0.1, 0.15) is 27.3 Å². The average molecular weight is 459 g/mol. The van der Waals surface area contributed by atoms with Crippen molar-refractivity contribution in [3.63, 3.8) is 0 Å². The molecule has 0 saturated carbocycles. The first-order valence-corrected chi connectivity index (χ1v) is 10.4. The maximum absolute atomic E-state index is 13.2. The molecule has 10 heteroatoms. The number of hydrogen-bond acceptors (Lipinski definition) is 5. The lowest BCUT2D eigenvalue weighted by atomic mass is 10.0. The monoisotopic (exact) mass is 458 g/mol. The maximum atomic E-state index is 13.2. The number of carbonyl (C=O) groups excluding carboxylic acids is 3. The molecule has 9 nitrogen and oxygen atoms in total. The predicted molar refractivity (Wildman–Crippen MR) is 120 cm³/mol. The molecule has 2 aromatic rings. The van der Waals surface area contributed by atoms with Gasteiger partial charge < -0.3 is 30.0 Å². The van der Waals surface area contributed by atoms with Gasteiger partial charge >= 0.3 is 0 Å². The van der Waals surface area contributed by atoms with Crippen LogP contribution in [0.15, 0.2) is 18.2 Å². The van der Waals surface area contributed by atoms with Gasteiger partial charge in [0, 0.05) is 25.4 Å². The van der Waals surface area contributed by atoms with Gasteiger partial charge in [-0.05, 0) is 31.2 Å². The Morgan fingerprint density at radius 1 is 1.22 bits per heavy atom. The van der Waals surface area contributed by atoms with Crippen LogP contribution < -0.4 is 15.4 Å². The number of nitrogens with one attached hydrogen (secondary N) is 3. The Kier molecular flexibility index (Phi) is 5.94. The molecule has 3 heterocycles. The van der Waals surface area contributed by atoms with Crippen LogP contribution in [0, 0.1) is 6.92 Å². The van der Waals surface area contributed by atoms with E-state index in [0.717, 1.165) is 5.69 Å². The number of hydrogen-bond donors (Lipinski definition) is 3. The van der Waals surface area contributed by atoms with Crippen LogP contribution in [0.3, 0.4) is 0 Å². The van der Waals surface area contributed by atoms with Crippen molar-refractivity contribution in [1.82, 2.24) is 15.2 Å². The molecule has 168 valence electrons. The highest BCUT2D eigenvalue weighted by Crippen LogP contribution is 2.40. The quantitative estimate of drug-likeness (QED) is 0.605. The second-order valence-corrected chi connectivity index (χ2v) is 8.04. The summed E-state index contributed by atoms with van der Waals surface area (Å²) in [6.45, 7) is 2.09. The van der Waals surface area contributed by atoms with Gasteiger partial charge in [-0.2, -0.15) is 0 Å². The zero-order valence-corrected chi connectivity index (χ0v) is 18.6. The number of likely N-dealkylation sites (N-methyl/N-ethyl adjacent to an activating group) is 2. The molecule has 2 aliphatic heterocycles. The van der Waals surface area contributed by atoms with Crippen molar-refractivity contribution < 1.29 is 23.9 Å². The first-order valence-electron chi connectivity index (χ1n) is 10.1. The van der Waals surface area contributed by atoms with Crippen LogP contribution >= 0.6 is 11.6 Å². The molecule has 0 aliphatic carbocycles.